The van der Waals surface area contributed by atoms with E-state index in [1.165, 1.54) is 6.26 Å². The van der Waals surface area contributed by atoms with Crippen molar-refractivity contribution in [3.05, 3.63) is 48.7 Å². The Balaban J connectivity index is 1.88. The largest absolute Gasteiger partial charge is 0.481 e. The average molecular weight is 284 g/mol. The number of carboxylic acids is 1. The van der Waals surface area contributed by atoms with Crippen LogP contribution >= 0.6 is 0 Å². The maximum absolute atomic E-state index is 11.8. The van der Waals surface area contributed by atoms with Crippen LogP contribution in [-0.4, -0.2) is 26.4 Å². The first-order chi connectivity index (χ1) is 10.1. The number of rotatable bonds is 5. The first-order valence-corrected chi connectivity index (χ1v) is 6.41. The van der Waals surface area contributed by atoms with E-state index in [0.717, 1.165) is 11.0 Å². The quantitative estimate of drug-likeness (QED) is 0.728. The molecule has 0 fully saturated rings. The minimum absolute atomic E-state index is 0.0764. The Morgan fingerprint density at radius 2 is 2.05 bits per heavy atom. The molecule has 0 spiro atoms. The van der Waals surface area contributed by atoms with Crippen molar-refractivity contribution in [3.8, 4) is 5.69 Å². The molecule has 2 aromatic heterocycles. The molecule has 3 aromatic rings. The molecule has 0 aliphatic rings. The summed E-state index contributed by atoms with van der Waals surface area (Å²) in [5, 5.41) is 8.59. The molecule has 106 valence electrons. The lowest BCUT2D eigenvalue weighted by atomic mass is 10.2. The fourth-order valence-corrected chi connectivity index (χ4v) is 2.11. The van der Waals surface area contributed by atoms with Gasteiger partial charge in [0.2, 0.25) is 0 Å². The van der Waals surface area contributed by atoms with E-state index >= 15 is 0 Å². The highest BCUT2D eigenvalue weighted by atomic mass is 16.4. The van der Waals surface area contributed by atoms with Crippen LogP contribution in [0.25, 0.3) is 16.7 Å². The van der Waals surface area contributed by atoms with E-state index in [-0.39, 0.29) is 24.4 Å². The highest BCUT2D eigenvalue weighted by molar-refractivity contribution is 5.95. The van der Waals surface area contributed by atoms with Gasteiger partial charge in [0.25, 0.3) is 0 Å². The lowest BCUT2D eigenvalue weighted by molar-refractivity contribution is -0.136. The van der Waals surface area contributed by atoms with Gasteiger partial charge in [0.1, 0.15) is 12.6 Å². The molecule has 6 nitrogen and oxygen atoms in total. The normalized spacial score (nSPS) is 10.9. The highest BCUT2D eigenvalue weighted by Gasteiger charge is 2.14. The van der Waals surface area contributed by atoms with Crippen LogP contribution in [0, 0.1) is 0 Å². The maximum Gasteiger partial charge on any atom is 0.303 e. The summed E-state index contributed by atoms with van der Waals surface area (Å²) < 4.78 is 7.05. The third-order valence-electron chi connectivity index (χ3n) is 3.16. The number of para-hydroxylation sites is 2. The average Bonchev–Trinajstić information content (AvgIpc) is 3.10. The van der Waals surface area contributed by atoms with Crippen molar-refractivity contribution in [3.63, 3.8) is 0 Å². The van der Waals surface area contributed by atoms with Crippen molar-refractivity contribution in [1.82, 2.24) is 9.55 Å². The number of nitrogens with zero attached hydrogens (tertiary/aromatic N) is 2. The summed E-state index contributed by atoms with van der Waals surface area (Å²) in [5.74, 6) is -1.17. The number of furan rings is 1. The number of imidazole rings is 1. The van der Waals surface area contributed by atoms with Crippen molar-refractivity contribution < 1.29 is 19.1 Å². The van der Waals surface area contributed by atoms with Gasteiger partial charge >= 0.3 is 5.97 Å². The van der Waals surface area contributed by atoms with Crippen molar-refractivity contribution in [1.29, 1.82) is 0 Å². The number of carbonyl (C=O) groups excluding carboxylic acids is 1. The summed E-state index contributed by atoms with van der Waals surface area (Å²) in [6.45, 7) is 0. The summed E-state index contributed by atoms with van der Waals surface area (Å²) in [7, 11) is 0. The van der Waals surface area contributed by atoms with Crippen LogP contribution in [0.5, 0.6) is 0 Å². The third-order valence-corrected chi connectivity index (χ3v) is 3.16. The molecular formula is C15H12N2O4. The van der Waals surface area contributed by atoms with Gasteiger partial charge < -0.3 is 9.52 Å². The number of ketones is 1. The van der Waals surface area contributed by atoms with E-state index in [4.69, 9.17) is 9.52 Å². The number of aromatic nitrogens is 2. The fraction of sp³-hybridized carbons (Fsp3) is 0.133. The predicted molar refractivity (Wildman–Crippen MR) is 74.5 cm³/mol. The summed E-state index contributed by atoms with van der Waals surface area (Å²) in [4.78, 5) is 26.6. The first-order valence-electron chi connectivity index (χ1n) is 6.41. The molecule has 1 N–H and O–H groups in total. The molecule has 0 unspecified atom stereocenters. The molecule has 0 aliphatic heterocycles. The second-order valence-corrected chi connectivity index (χ2v) is 4.59. The van der Waals surface area contributed by atoms with E-state index < -0.39 is 5.97 Å². The van der Waals surface area contributed by atoms with Crippen LogP contribution in [0.2, 0.25) is 0 Å². The van der Waals surface area contributed by atoms with Gasteiger partial charge in [-0.2, -0.15) is 0 Å². The zero-order chi connectivity index (χ0) is 14.8. The minimum Gasteiger partial charge on any atom is -0.481 e. The monoisotopic (exact) mass is 284 g/mol. The Kier molecular flexibility index (Phi) is 3.27. The van der Waals surface area contributed by atoms with Crippen LogP contribution < -0.4 is 0 Å². The Bertz CT molecular complexity index is 816. The van der Waals surface area contributed by atoms with Crippen LogP contribution in [0.15, 0.2) is 47.3 Å². The summed E-state index contributed by atoms with van der Waals surface area (Å²) in [5.41, 5.74) is 2.43. The van der Waals surface area contributed by atoms with Gasteiger partial charge in [0, 0.05) is 12.5 Å². The van der Waals surface area contributed by atoms with Gasteiger partial charge in [0.05, 0.1) is 23.1 Å². The zero-order valence-corrected chi connectivity index (χ0v) is 11.0. The number of carboxylic acid groups (broad SMARTS) is 1. The SMILES string of the molecule is O=C(O)CCC(=O)c1cc(-n2cnc3ccccc32)co1. The minimum atomic E-state index is -1.00. The van der Waals surface area contributed by atoms with Gasteiger partial charge in [-0.05, 0) is 12.1 Å². The molecule has 0 saturated heterocycles. The molecule has 2 heterocycles. The number of Topliss-reactive ketones (excluding diaryl/α,β-unsaturated/α-hetero) is 1. The van der Waals surface area contributed by atoms with Gasteiger partial charge in [-0.3, -0.25) is 14.2 Å². The molecular weight excluding hydrogens is 272 g/mol. The summed E-state index contributed by atoms with van der Waals surface area (Å²) in [6.07, 6.45) is 2.83. The van der Waals surface area contributed by atoms with Gasteiger partial charge in [-0.25, -0.2) is 4.98 Å². The highest BCUT2D eigenvalue weighted by Crippen LogP contribution is 2.20. The molecule has 0 saturated carbocycles. The number of hydrogen-bond donors (Lipinski definition) is 1. The molecule has 0 aliphatic carbocycles. The van der Waals surface area contributed by atoms with E-state index in [1.807, 2.05) is 28.8 Å². The number of benzene rings is 1. The van der Waals surface area contributed by atoms with Crippen LogP contribution in [0.4, 0.5) is 0 Å². The molecule has 21 heavy (non-hydrogen) atoms. The Morgan fingerprint density at radius 3 is 2.86 bits per heavy atom. The number of aliphatic carboxylic acids is 1. The number of fused-ring (bicyclic) bond motifs is 1. The van der Waals surface area contributed by atoms with Gasteiger partial charge in [0.15, 0.2) is 11.5 Å². The van der Waals surface area contributed by atoms with Crippen molar-refractivity contribution in [2.75, 3.05) is 0 Å². The van der Waals surface area contributed by atoms with Crippen LogP contribution in [-0.2, 0) is 4.79 Å². The van der Waals surface area contributed by atoms with Crippen LogP contribution in [0.1, 0.15) is 23.4 Å². The molecule has 3 rings (SSSR count). The molecule has 0 atom stereocenters. The van der Waals surface area contributed by atoms with Crippen molar-refractivity contribution >= 4 is 22.8 Å². The molecule has 6 heteroatoms. The van der Waals surface area contributed by atoms with Gasteiger partial charge in [-0.15, -0.1) is 0 Å². The Morgan fingerprint density at radius 1 is 1.24 bits per heavy atom. The smallest absolute Gasteiger partial charge is 0.303 e. The van der Waals surface area contributed by atoms with E-state index in [2.05, 4.69) is 4.98 Å². The van der Waals surface area contributed by atoms with Gasteiger partial charge in [-0.1, -0.05) is 12.1 Å². The maximum atomic E-state index is 11.8. The summed E-state index contributed by atoms with van der Waals surface area (Å²) >= 11 is 0. The van der Waals surface area contributed by atoms with Crippen molar-refractivity contribution in [2.45, 2.75) is 12.8 Å². The zero-order valence-electron chi connectivity index (χ0n) is 11.0. The lowest BCUT2D eigenvalue weighted by Gasteiger charge is -1.98. The van der Waals surface area contributed by atoms with Crippen LogP contribution in [0.3, 0.4) is 0 Å². The lowest BCUT2D eigenvalue weighted by Crippen LogP contribution is -2.02. The third kappa shape index (κ3) is 2.55. The molecule has 1 aromatic carbocycles. The van der Waals surface area contributed by atoms with E-state index in [1.54, 1.807) is 12.4 Å². The van der Waals surface area contributed by atoms with Crippen molar-refractivity contribution in [2.24, 2.45) is 0 Å². The second-order valence-electron chi connectivity index (χ2n) is 4.59. The number of hydrogen-bond acceptors (Lipinski definition) is 4. The molecule has 0 bridgehead atoms. The predicted octanol–water partition coefficient (Wildman–Crippen LogP) is 2.67. The molecule has 0 amide bonds. The first kappa shape index (κ1) is 13.1. The standard InChI is InChI=1S/C15H12N2O4/c18-13(5-6-15(19)20)14-7-10(8-21-14)17-9-16-11-3-1-2-4-12(11)17/h1-4,7-9H,5-6H2,(H,19,20). The fourth-order valence-electron chi connectivity index (χ4n) is 2.11. The topological polar surface area (TPSA) is 85.3 Å². The molecule has 0 radical (unpaired) electrons. The van der Waals surface area contributed by atoms with E-state index in [0.29, 0.717) is 5.69 Å². The number of carbonyl (C=O) groups is 2. The second kappa shape index (κ2) is 5.24. The van der Waals surface area contributed by atoms with E-state index in [9.17, 15) is 9.59 Å². The Labute approximate surface area is 119 Å². The Hall–Kier alpha value is -2.89. The summed E-state index contributed by atoms with van der Waals surface area (Å²) in [6, 6.07) is 9.21.